The smallest absolute Gasteiger partial charge is 0.261 e. The highest BCUT2D eigenvalue weighted by atomic mass is 79.9. The monoisotopic (exact) mass is 549 g/mol. The highest BCUT2D eigenvalue weighted by Crippen LogP contribution is 2.27. The number of hydrogen-bond acceptors (Lipinski definition) is 5. The number of sulfonamides is 1. The summed E-state index contributed by atoms with van der Waals surface area (Å²) in [5.41, 5.74) is 1.85. The van der Waals surface area contributed by atoms with E-state index in [0.717, 1.165) is 22.2 Å². The van der Waals surface area contributed by atoms with Gasteiger partial charge in [0.25, 0.3) is 15.9 Å². The highest BCUT2D eigenvalue weighted by molar-refractivity contribution is 9.10. The molecular formula is C22H14BrF2N3O3S2. The second-order valence-corrected chi connectivity index (χ2v) is 10.2. The van der Waals surface area contributed by atoms with Gasteiger partial charge in [0.1, 0.15) is 0 Å². The summed E-state index contributed by atoms with van der Waals surface area (Å²) in [5.74, 6) is -2.92. The van der Waals surface area contributed by atoms with Gasteiger partial charge in [0.15, 0.2) is 16.8 Å². The van der Waals surface area contributed by atoms with Crippen LogP contribution < -0.4 is 10.0 Å². The minimum Gasteiger partial charge on any atom is -0.298 e. The van der Waals surface area contributed by atoms with Gasteiger partial charge in [0.05, 0.1) is 10.6 Å². The van der Waals surface area contributed by atoms with Crippen molar-refractivity contribution in [1.82, 2.24) is 4.98 Å². The lowest BCUT2D eigenvalue weighted by Crippen LogP contribution is -2.15. The zero-order chi connectivity index (χ0) is 23.6. The summed E-state index contributed by atoms with van der Waals surface area (Å²) < 4.78 is 54.7. The molecule has 0 saturated heterocycles. The van der Waals surface area contributed by atoms with Crippen molar-refractivity contribution < 1.29 is 22.0 Å². The lowest BCUT2D eigenvalue weighted by molar-refractivity contribution is 0.102. The molecule has 0 bridgehead atoms. The molecule has 0 aliphatic carbocycles. The van der Waals surface area contributed by atoms with Crippen molar-refractivity contribution in [2.24, 2.45) is 0 Å². The first-order chi connectivity index (χ1) is 15.7. The second kappa shape index (κ2) is 9.38. The maximum atomic E-state index is 13.4. The Morgan fingerprint density at radius 1 is 0.970 bits per heavy atom. The molecule has 0 aliphatic heterocycles. The summed E-state index contributed by atoms with van der Waals surface area (Å²) in [7, 11) is -4.19. The molecule has 0 atom stereocenters. The fourth-order valence-corrected chi connectivity index (χ4v) is 5.04. The van der Waals surface area contributed by atoms with Crippen LogP contribution >= 0.6 is 27.3 Å². The molecule has 2 N–H and O–H groups in total. The van der Waals surface area contributed by atoms with Crippen LogP contribution in [0, 0.1) is 11.6 Å². The summed E-state index contributed by atoms with van der Waals surface area (Å²) in [6.45, 7) is 0. The molecule has 3 aromatic carbocycles. The predicted molar refractivity (Wildman–Crippen MR) is 127 cm³/mol. The number of carbonyl (C=O) groups excluding carboxylic acids is 1. The number of halogens is 3. The van der Waals surface area contributed by atoms with Gasteiger partial charge in [0, 0.05) is 26.7 Å². The van der Waals surface area contributed by atoms with Crippen molar-refractivity contribution in [2.75, 3.05) is 10.0 Å². The molecule has 11 heteroatoms. The van der Waals surface area contributed by atoms with E-state index in [1.807, 2.05) is 29.6 Å². The van der Waals surface area contributed by atoms with E-state index in [9.17, 15) is 22.0 Å². The molecule has 1 heterocycles. The number of amides is 1. The van der Waals surface area contributed by atoms with Gasteiger partial charge in [-0.2, -0.15) is 0 Å². The first-order valence-corrected chi connectivity index (χ1v) is 12.5. The van der Waals surface area contributed by atoms with Crippen molar-refractivity contribution in [3.05, 3.63) is 93.8 Å². The van der Waals surface area contributed by atoms with Gasteiger partial charge in [-0.3, -0.25) is 14.8 Å². The maximum absolute atomic E-state index is 13.4. The van der Waals surface area contributed by atoms with Crippen LogP contribution in [0.2, 0.25) is 0 Å². The number of carbonyl (C=O) groups is 1. The molecule has 33 heavy (non-hydrogen) atoms. The van der Waals surface area contributed by atoms with Gasteiger partial charge in [-0.05, 0) is 48.5 Å². The van der Waals surface area contributed by atoms with Crippen LogP contribution in [0.5, 0.6) is 0 Å². The number of thiazole rings is 1. The molecule has 0 radical (unpaired) electrons. The first-order valence-electron chi connectivity index (χ1n) is 9.32. The zero-order valence-corrected chi connectivity index (χ0v) is 19.8. The second-order valence-electron chi connectivity index (χ2n) is 6.76. The van der Waals surface area contributed by atoms with Gasteiger partial charge in [-0.15, -0.1) is 11.3 Å². The van der Waals surface area contributed by atoms with Crippen LogP contribution in [0.15, 0.2) is 81.5 Å². The van der Waals surface area contributed by atoms with Crippen molar-refractivity contribution in [3.8, 4) is 11.3 Å². The predicted octanol–water partition coefficient (Wildman–Crippen LogP) is 5.90. The van der Waals surface area contributed by atoms with Crippen LogP contribution in [-0.2, 0) is 10.0 Å². The Morgan fingerprint density at radius 3 is 2.52 bits per heavy atom. The van der Waals surface area contributed by atoms with Crippen LogP contribution in [-0.4, -0.2) is 19.3 Å². The molecule has 0 aliphatic rings. The van der Waals surface area contributed by atoms with Gasteiger partial charge in [0.2, 0.25) is 0 Å². The number of nitrogens with zero attached hydrogens (tertiary/aromatic N) is 1. The Labute approximate surface area is 200 Å². The number of rotatable bonds is 6. The summed E-state index contributed by atoms with van der Waals surface area (Å²) >= 11 is 4.66. The van der Waals surface area contributed by atoms with Crippen molar-refractivity contribution in [2.45, 2.75) is 4.90 Å². The first kappa shape index (κ1) is 23.0. The standard InChI is InChI=1S/C22H14BrF2N3O3S2/c23-15-5-1-3-13(9-15)20-12-32-22(26-20)27-21(29)14-4-2-6-16(10-14)28-33(30,31)17-7-8-18(24)19(25)11-17/h1-12,28H,(H,26,27,29). The summed E-state index contributed by atoms with van der Waals surface area (Å²) in [6.07, 6.45) is 0. The molecule has 4 aromatic rings. The SMILES string of the molecule is O=C(Nc1nc(-c2cccc(Br)c2)cs1)c1cccc(NS(=O)(=O)c2ccc(F)c(F)c2)c1. The molecule has 0 saturated carbocycles. The molecular weight excluding hydrogens is 536 g/mol. The number of nitrogens with one attached hydrogen (secondary N) is 2. The summed E-state index contributed by atoms with van der Waals surface area (Å²) in [4.78, 5) is 16.6. The van der Waals surface area contributed by atoms with Gasteiger partial charge < -0.3 is 0 Å². The van der Waals surface area contributed by atoms with E-state index in [2.05, 4.69) is 31.0 Å². The topological polar surface area (TPSA) is 88.2 Å². The average Bonchev–Trinajstić information content (AvgIpc) is 3.24. The molecule has 0 unspecified atom stereocenters. The lowest BCUT2D eigenvalue weighted by Gasteiger charge is -2.10. The third kappa shape index (κ3) is 5.44. The minimum absolute atomic E-state index is 0.0846. The summed E-state index contributed by atoms with van der Waals surface area (Å²) in [6, 6.07) is 15.6. The van der Waals surface area contributed by atoms with E-state index in [0.29, 0.717) is 16.9 Å². The third-order valence-corrected chi connectivity index (χ3v) is 7.05. The van der Waals surface area contributed by atoms with Gasteiger partial charge in [-0.25, -0.2) is 22.2 Å². The van der Waals surface area contributed by atoms with Crippen LogP contribution in [0.25, 0.3) is 11.3 Å². The third-order valence-electron chi connectivity index (χ3n) is 4.42. The lowest BCUT2D eigenvalue weighted by atomic mass is 10.2. The van der Waals surface area contributed by atoms with Crippen molar-refractivity contribution in [3.63, 3.8) is 0 Å². The number of aromatic nitrogens is 1. The number of benzene rings is 3. The fraction of sp³-hybridized carbons (Fsp3) is 0. The molecule has 1 aromatic heterocycles. The van der Waals surface area contributed by atoms with E-state index in [1.54, 1.807) is 0 Å². The molecule has 1 amide bonds. The fourth-order valence-electron chi connectivity index (χ4n) is 2.86. The van der Waals surface area contributed by atoms with Gasteiger partial charge >= 0.3 is 0 Å². The minimum atomic E-state index is -4.19. The molecule has 168 valence electrons. The highest BCUT2D eigenvalue weighted by Gasteiger charge is 2.18. The van der Waals surface area contributed by atoms with Crippen LogP contribution in [0.1, 0.15) is 10.4 Å². The Hall–Kier alpha value is -3.15. The number of anilines is 2. The molecule has 0 spiro atoms. The van der Waals surface area contributed by atoms with Crippen molar-refractivity contribution >= 4 is 54.0 Å². The van der Waals surface area contributed by atoms with Gasteiger partial charge in [-0.1, -0.05) is 34.1 Å². The molecule has 4 rings (SSSR count). The average molecular weight is 550 g/mol. The zero-order valence-electron chi connectivity index (χ0n) is 16.6. The quantitative estimate of drug-likeness (QED) is 0.313. The van der Waals surface area contributed by atoms with E-state index >= 15 is 0 Å². The van der Waals surface area contributed by atoms with E-state index in [-0.39, 0.29) is 11.3 Å². The largest absolute Gasteiger partial charge is 0.298 e. The van der Waals surface area contributed by atoms with E-state index < -0.39 is 32.5 Å². The Kier molecular flexibility index (Phi) is 6.54. The van der Waals surface area contributed by atoms with E-state index in [1.165, 1.54) is 35.6 Å². The van der Waals surface area contributed by atoms with Crippen LogP contribution in [0.4, 0.5) is 19.6 Å². The molecule has 0 fully saturated rings. The maximum Gasteiger partial charge on any atom is 0.261 e. The van der Waals surface area contributed by atoms with E-state index in [4.69, 9.17) is 0 Å². The summed E-state index contributed by atoms with van der Waals surface area (Å²) in [5, 5.41) is 4.87. The Bertz CT molecular complexity index is 1460. The van der Waals surface area contributed by atoms with Crippen LogP contribution in [0.3, 0.4) is 0 Å². The number of hydrogen-bond donors (Lipinski definition) is 2. The Morgan fingerprint density at radius 2 is 1.76 bits per heavy atom. The Balaban J connectivity index is 1.49. The molecule has 6 nitrogen and oxygen atoms in total. The normalized spacial score (nSPS) is 11.2. The van der Waals surface area contributed by atoms with Crippen molar-refractivity contribution in [1.29, 1.82) is 0 Å².